The van der Waals surface area contributed by atoms with Crippen molar-refractivity contribution < 1.29 is 22.7 Å². The zero-order valence-corrected chi connectivity index (χ0v) is 21.5. The largest absolute Gasteiger partial charge is 0.497 e. The van der Waals surface area contributed by atoms with E-state index < -0.39 is 15.9 Å². The van der Waals surface area contributed by atoms with Gasteiger partial charge < -0.3 is 9.47 Å². The molecule has 0 N–H and O–H groups in total. The van der Waals surface area contributed by atoms with Gasteiger partial charge in [0.15, 0.2) is 0 Å². The number of benzene rings is 4. The molecular formula is C30H25NO5S. The molecule has 5 rings (SSSR count). The molecule has 0 atom stereocenters. The third kappa shape index (κ3) is 4.27. The van der Waals surface area contributed by atoms with E-state index in [1.54, 1.807) is 50.6 Å². The summed E-state index contributed by atoms with van der Waals surface area (Å²) in [5, 5.41) is 0. The molecule has 4 aromatic rings. The summed E-state index contributed by atoms with van der Waals surface area (Å²) in [4.78, 5) is 14.2. The van der Waals surface area contributed by atoms with Crippen molar-refractivity contribution >= 4 is 32.8 Å². The van der Waals surface area contributed by atoms with Gasteiger partial charge in [0.2, 0.25) is 0 Å². The van der Waals surface area contributed by atoms with Gasteiger partial charge in [-0.25, -0.2) is 8.42 Å². The zero-order valence-electron chi connectivity index (χ0n) is 20.6. The second-order valence-electron chi connectivity index (χ2n) is 8.61. The minimum absolute atomic E-state index is 0.0537. The lowest BCUT2D eigenvalue weighted by Crippen LogP contribution is -2.33. The van der Waals surface area contributed by atoms with Crippen molar-refractivity contribution in [3.8, 4) is 11.5 Å². The average molecular weight is 512 g/mol. The van der Waals surface area contributed by atoms with Gasteiger partial charge in [0, 0.05) is 11.1 Å². The van der Waals surface area contributed by atoms with Crippen LogP contribution in [0.2, 0.25) is 0 Å². The van der Waals surface area contributed by atoms with Crippen molar-refractivity contribution in [2.24, 2.45) is 0 Å². The lowest BCUT2D eigenvalue weighted by Gasteiger charge is -2.18. The fraction of sp³-hybridized carbons (Fsp3) is 0.100. The number of para-hydroxylation sites is 1. The number of nitrogens with zero attached hydrogens (tertiary/aromatic N) is 1. The molecular weight excluding hydrogens is 486 g/mol. The van der Waals surface area contributed by atoms with Crippen molar-refractivity contribution in [1.29, 1.82) is 0 Å². The first kappa shape index (κ1) is 24.3. The molecule has 1 amide bonds. The van der Waals surface area contributed by atoms with Crippen LogP contribution in [-0.4, -0.2) is 28.5 Å². The Balaban J connectivity index is 1.78. The summed E-state index contributed by atoms with van der Waals surface area (Å²) in [5.41, 5.74) is 4.21. The number of hydrogen-bond acceptors (Lipinski definition) is 5. The van der Waals surface area contributed by atoms with Gasteiger partial charge in [0.05, 0.1) is 30.4 Å². The number of anilines is 1. The Labute approximate surface area is 216 Å². The van der Waals surface area contributed by atoms with E-state index in [4.69, 9.17) is 9.47 Å². The standard InChI is InChI=1S/C30H25NO5S/c1-20-8-18-25(19-9-20)37(33,34)31-27-7-5-4-6-26(27)29(30(31)32)28(21-10-14-23(35-2)15-11-21)22-12-16-24(36-3)17-13-22/h4-19H,1-3H3. The Bertz CT molecular complexity index is 1550. The maximum atomic E-state index is 14.1. The molecule has 1 aliphatic rings. The normalized spacial score (nSPS) is 12.9. The Morgan fingerprint density at radius 1 is 0.703 bits per heavy atom. The highest BCUT2D eigenvalue weighted by Gasteiger charge is 2.42. The third-order valence-electron chi connectivity index (χ3n) is 6.36. The monoisotopic (exact) mass is 511 g/mol. The van der Waals surface area contributed by atoms with Gasteiger partial charge in [-0.15, -0.1) is 0 Å². The molecule has 4 aromatic carbocycles. The Morgan fingerprint density at radius 3 is 1.73 bits per heavy atom. The molecule has 0 fully saturated rings. The van der Waals surface area contributed by atoms with Crippen LogP contribution in [-0.2, 0) is 14.8 Å². The maximum Gasteiger partial charge on any atom is 0.273 e. The number of rotatable bonds is 6. The SMILES string of the molecule is COc1ccc(C(=C2C(=O)N(S(=O)(=O)c3ccc(C)cc3)c3ccccc32)c2ccc(OC)cc2)cc1. The second-order valence-corrected chi connectivity index (χ2v) is 10.4. The van der Waals surface area contributed by atoms with Gasteiger partial charge in [-0.1, -0.05) is 60.2 Å². The number of ether oxygens (including phenoxy) is 2. The van der Waals surface area contributed by atoms with E-state index >= 15 is 0 Å². The lowest BCUT2D eigenvalue weighted by atomic mass is 9.90. The smallest absolute Gasteiger partial charge is 0.273 e. The van der Waals surface area contributed by atoms with Crippen LogP contribution in [0.25, 0.3) is 11.1 Å². The molecule has 0 radical (unpaired) electrons. The third-order valence-corrected chi connectivity index (χ3v) is 8.07. The number of aryl methyl sites for hydroxylation is 1. The number of methoxy groups -OCH3 is 2. The molecule has 1 heterocycles. The van der Waals surface area contributed by atoms with Gasteiger partial charge in [-0.05, 0) is 60.5 Å². The maximum absolute atomic E-state index is 14.1. The second kappa shape index (κ2) is 9.59. The van der Waals surface area contributed by atoms with E-state index in [9.17, 15) is 13.2 Å². The lowest BCUT2D eigenvalue weighted by molar-refractivity contribution is -0.111. The highest BCUT2D eigenvalue weighted by Crippen LogP contribution is 2.45. The summed E-state index contributed by atoms with van der Waals surface area (Å²) in [6.45, 7) is 1.88. The van der Waals surface area contributed by atoms with Crippen LogP contribution in [0.3, 0.4) is 0 Å². The Morgan fingerprint density at radius 2 is 1.22 bits per heavy atom. The molecule has 0 unspecified atom stereocenters. The zero-order chi connectivity index (χ0) is 26.2. The summed E-state index contributed by atoms with van der Waals surface area (Å²) in [6.07, 6.45) is 0. The molecule has 0 aromatic heterocycles. The van der Waals surface area contributed by atoms with Crippen LogP contribution in [0.5, 0.6) is 11.5 Å². The highest BCUT2D eigenvalue weighted by atomic mass is 32.2. The van der Waals surface area contributed by atoms with E-state index in [1.165, 1.54) is 12.1 Å². The topological polar surface area (TPSA) is 72.9 Å². The highest BCUT2D eigenvalue weighted by molar-refractivity contribution is 7.93. The van der Waals surface area contributed by atoms with Crippen LogP contribution >= 0.6 is 0 Å². The molecule has 0 bridgehead atoms. The predicted molar refractivity (Wildman–Crippen MR) is 144 cm³/mol. The van der Waals surface area contributed by atoms with Gasteiger partial charge in [0.25, 0.3) is 15.9 Å². The van der Waals surface area contributed by atoms with Crippen LogP contribution < -0.4 is 13.8 Å². The van der Waals surface area contributed by atoms with E-state index in [0.717, 1.165) is 21.0 Å². The van der Waals surface area contributed by atoms with Crippen molar-refractivity contribution in [2.45, 2.75) is 11.8 Å². The Hall–Kier alpha value is -4.36. The number of amides is 1. The van der Waals surface area contributed by atoms with Gasteiger partial charge in [-0.2, -0.15) is 4.31 Å². The van der Waals surface area contributed by atoms with Crippen LogP contribution in [0, 0.1) is 6.92 Å². The minimum atomic E-state index is -4.16. The average Bonchev–Trinajstić information content (AvgIpc) is 3.22. The van der Waals surface area contributed by atoms with Crippen LogP contribution in [0.15, 0.2) is 102 Å². The van der Waals surface area contributed by atoms with Gasteiger partial charge in [-0.3, -0.25) is 4.79 Å². The number of carbonyl (C=O) groups is 1. The quantitative estimate of drug-likeness (QED) is 0.310. The van der Waals surface area contributed by atoms with Crippen molar-refractivity contribution in [1.82, 2.24) is 0 Å². The molecule has 6 nitrogen and oxygen atoms in total. The molecule has 37 heavy (non-hydrogen) atoms. The van der Waals surface area contributed by atoms with E-state index in [2.05, 4.69) is 0 Å². The van der Waals surface area contributed by atoms with Gasteiger partial charge >= 0.3 is 0 Å². The summed E-state index contributed by atoms with van der Waals surface area (Å²) in [6, 6.07) is 28.1. The van der Waals surface area contributed by atoms with Gasteiger partial charge in [0.1, 0.15) is 11.5 Å². The van der Waals surface area contributed by atoms with E-state index in [-0.39, 0.29) is 4.90 Å². The molecule has 1 aliphatic heterocycles. The fourth-order valence-electron chi connectivity index (χ4n) is 4.45. The molecule has 0 saturated carbocycles. The van der Waals surface area contributed by atoms with E-state index in [1.807, 2.05) is 55.5 Å². The summed E-state index contributed by atoms with van der Waals surface area (Å²) in [7, 11) is -0.989. The molecule has 186 valence electrons. The number of fused-ring (bicyclic) bond motifs is 1. The number of hydrogen-bond donors (Lipinski definition) is 0. The summed E-state index contributed by atoms with van der Waals surface area (Å²) in [5.74, 6) is 0.734. The first-order valence-electron chi connectivity index (χ1n) is 11.6. The summed E-state index contributed by atoms with van der Waals surface area (Å²) < 4.78 is 39.1. The molecule has 7 heteroatoms. The summed E-state index contributed by atoms with van der Waals surface area (Å²) >= 11 is 0. The molecule has 0 aliphatic carbocycles. The first-order valence-corrected chi connectivity index (χ1v) is 13.1. The van der Waals surface area contributed by atoms with E-state index in [0.29, 0.717) is 33.9 Å². The predicted octanol–water partition coefficient (Wildman–Crippen LogP) is 5.71. The fourth-order valence-corrected chi connectivity index (χ4v) is 5.87. The number of carbonyl (C=O) groups excluding carboxylic acids is 1. The van der Waals surface area contributed by atoms with Crippen LogP contribution in [0.4, 0.5) is 5.69 Å². The molecule has 0 spiro atoms. The van der Waals surface area contributed by atoms with Crippen molar-refractivity contribution in [3.05, 3.63) is 119 Å². The Kier molecular flexibility index (Phi) is 6.31. The van der Waals surface area contributed by atoms with Crippen molar-refractivity contribution in [3.63, 3.8) is 0 Å². The van der Waals surface area contributed by atoms with Crippen molar-refractivity contribution in [2.75, 3.05) is 18.5 Å². The minimum Gasteiger partial charge on any atom is -0.497 e. The first-order chi connectivity index (χ1) is 17.8. The van der Waals surface area contributed by atoms with Crippen LogP contribution in [0.1, 0.15) is 22.3 Å². The molecule has 0 saturated heterocycles. The number of sulfonamides is 1.